The van der Waals surface area contributed by atoms with E-state index in [1.54, 1.807) is 20.8 Å². The van der Waals surface area contributed by atoms with Crippen molar-refractivity contribution >= 4 is 38.2 Å². The Morgan fingerprint density at radius 2 is 1.70 bits per heavy atom. The highest BCUT2D eigenvalue weighted by molar-refractivity contribution is 7.89. The molecule has 1 amide bonds. The second-order valence-corrected chi connectivity index (χ2v) is 9.17. The summed E-state index contributed by atoms with van der Waals surface area (Å²) < 4.78 is 31.6. The van der Waals surface area contributed by atoms with Crippen LogP contribution in [0.4, 0.5) is 5.00 Å². The van der Waals surface area contributed by atoms with Gasteiger partial charge in [-0.05, 0) is 57.5 Å². The monoisotopic (exact) mass is 410 g/mol. The van der Waals surface area contributed by atoms with Crippen molar-refractivity contribution in [1.82, 2.24) is 4.72 Å². The maximum atomic E-state index is 12.5. The van der Waals surface area contributed by atoms with E-state index in [1.807, 2.05) is 6.92 Å². The minimum absolute atomic E-state index is 0.0748. The molecule has 0 saturated heterocycles. The maximum absolute atomic E-state index is 12.5. The van der Waals surface area contributed by atoms with Gasteiger partial charge in [0.25, 0.3) is 5.91 Å². The Balaban J connectivity index is 2.25. The number of benzene rings is 1. The third-order valence-electron chi connectivity index (χ3n) is 3.82. The zero-order valence-electron chi connectivity index (χ0n) is 15.7. The van der Waals surface area contributed by atoms with Crippen LogP contribution in [-0.4, -0.2) is 33.4 Å². The van der Waals surface area contributed by atoms with Crippen LogP contribution in [0.3, 0.4) is 0 Å². The Hall–Kier alpha value is -2.23. The molecule has 0 atom stereocenters. The summed E-state index contributed by atoms with van der Waals surface area (Å²) in [4.78, 5) is 25.5. The van der Waals surface area contributed by atoms with Crippen LogP contribution in [0.2, 0.25) is 0 Å². The molecule has 2 N–H and O–H groups in total. The molecule has 0 radical (unpaired) electrons. The van der Waals surface area contributed by atoms with Gasteiger partial charge in [0, 0.05) is 16.5 Å². The van der Waals surface area contributed by atoms with Gasteiger partial charge in [-0.1, -0.05) is 0 Å². The predicted molar refractivity (Wildman–Crippen MR) is 105 cm³/mol. The molecule has 0 unspecified atom stereocenters. The molecule has 0 spiro atoms. The maximum Gasteiger partial charge on any atom is 0.341 e. The summed E-state index contributed by atoms with van der Waals surface area (Å²) >= 11 is 1.28. The van der Waals surface area contributed by atoms with Gasteiger partial charge in [-0.2, -0.15) is 0 Å². The summed E-state index contributed by atoms with van der Waals surface area (Å²) in [7, 11) is -2.34. The molecule has 9 heteroatoms. The third kappa shape index (κ3) is 4.74. The number of anilines is 1. The molecule has 0 saturated carbocycles. The smallest absolute Gasteiger partial charge is 0.341 e. The van der Waals surface area contributed by atoms with Crippen LogP contribution in [0, 0.1) is 13.8 Å². The van der Waals surface area contributed by atoms with E-state index < -0.39 is 21.9 Å². The van der Waals surface area contributed by atoms with Crippen LogP contribution in [0.1, 0.15) is 45.0 Å². The number of thiophene rings is 1. The summed E-state index contributed by atoms with van der Waals surface area (Å²) in [6.07, 6.45) is 0. The normalized spacial score (nSPS) is 11.5. The zero-order valence-corrected chi connectivity index (χ0v) is 17.4. The lowest BCUT2D eigenvalue weighted by Crippen LogP contribution is -2.30. The number of aryl methyl sites for hydroxylation is 1. The van der Waals surface area contributed by atoms with Gasteiger partial charge in [-0.3, -0.25) is 4.79 Å². The topological polar surface area (TPSA) is 102 Å². The highest BCUT2D eigenvalue weighted by Crippen LogP contribution is 2.33. The molecule has 2 rings (SSSR count). The van der Waals surface area contributed by atoms with Crippen molar-refractivity contribution in [3.8, 4) is 0 Å². The molecular weight excluding hydrogens is 388 g/mol. The lowest BCUT2D eigenvalue weighted by atomic mass is 10.1. The molecule has 1 aromatic heterocycles. The van der Waals surface area contributed by atoms with Crippen molar-refractivity contribution < 1.29 is 22.7 Å². The van der Waals surface area contributed by atoms with Crippen LogP contribution in [0.25, 0.3) is 0 Å². The minimum atomic E-state index is -3.63. The summed E-state index contributed by atoms with van der Waals surface area (Å²) in [6, 6.07) is 5.35. The van der Waals surface area contributed by atoms with Crippen LogP contribution >= 0.6 is 11.3 Å². The van der Waals surface area contributed by atoms with E-state index in [0.717, 1.165) is 10.4 Å². The first-order valence-corrected chi connectivity index (χ1v) is 10.5. The number of rotatable bonds is 6. The van der Waals surface area contributed by atoms with E-state index in [4.69, 9.17) is 4.74 Å². The van der Waals surface area contributed by atoms with Gasteiger partial charge in [0.2, 0.25) is 10.0 Å². The van der Waals surface area contributed by atoms with E-state index in [0.29, 0.717) is 10.6 Å². The number of carbonyl (C=O) groups is 2. The number of nitrogens with one attached hydrogen (secondary N) is 2. The van der Waals surface area contributed by atoms with Crippen molar-refractivity contribution in [2.45, 2.75) is 38.6 Å². The van der Waals surface area contributed by atoms with Crippen molar-refractivity contribution in [3.63, 3.8) is 0 Å². The molecule has 7 nitrogen and oxygen atoms in total. The molecular formula is C18H22N2O5S2. The van der Waals surface area contributed by atoms with E-state index in [1.165, 1.54) is 42.7 Å². The van der Waals surface area contributed by atoms with Crippen molar-refractivity contribution in [2.75, 3.05) is 12.4 Å². The van der Waals surface area contributed by atoms with Gasteiger partial charge >= 0.3 is 5.97 Å². The van der Waals surface area contributed by atoms with E-state index in [9.17, 15) is 18.0 Å². The number of methoxy groups -OCH3 is 1. The number of hydrogen-bond donors (Lipinski definition) is 2. The molecule has 0 fully saturated rings. The number of ether oxygens (including phenoxy) is 1. The quantitative estimate of drug-likeness (QED) is 0.713. The first-order valence-electron chi connectivity index (χ1n) is 8.19. The number of carbonyl (C=O) groups excluding carboxylic acids is 2. The number of esters is 1. The van der Waals surface area contributed by atoms with Crippen molar-refractivity contribution in [3.05, 3.63) is 45.8 Å². The van der Waals surface area contributed by atoms with Crippen LogP contribution in [0.5, 0.6) is 0 Å². The Labute approximate surface area is 162 Å². The Morgan fingerprint density at radius 1 is 1.11 bits per heavy atom. The summed E-state index contributed by atoms with van der Waals surface area (Å²) in [5.74, 6) is -0.962. The van der Waals surface area contributed by atoms with Gasteiger partial charge in [-0.15, -0.1) is 11.3 Å². The van der Waals surface area contributed by atoms with Gasteiger partial charge < -0.3 is 10.1 Å². The second kappa shape index (κ2) is 8.20. The van der Waals surface area contributed by atoms with Gasteiger partial charge in [0.15, 0.2) is 0 Å². The largest absolute Gasteiger partial charge is 0.465 e. The molecule has 0 aliphatic heterocycles. The molecule has 0 bridgehead atoms. The number of sulfonamides is 1. The fourth-order valence-corrected chi connectivity index (χ4v) is 4.70. The Morgan fingerprint density at radius 3 is 2.22 bits per heavy atom. The summed E-state index contributed by atoms with van der Waals surface area (Å²) in [6.45, 7) is 7.09. The highest BCUT2D eigenvalue weighted by Gasteiger charge is 2.22. The molecule has 0 aliphatic rings. The molecule has 0 aliphatic carbocycles. The molecule has 1 aromatic carbocycles. The van der Waals surface area contributed by atoms with Gasteiger partial charge in [-0.25, -0.2) is 17.9 Å². The van der Waals surface area contributed by atoms with Gasteiger partial charge in [0.1, 0.15) is 5.00 Å². The second-order valence-electron chi connectivity index (χ2n) is 6.23. The molecule has 1 heterocycles. The van der Waals surface area contributed by atoms with E-state index in [-0.39, 0.29) is 16.5 Å². The van der Waals surface area contributed by atoms with Crippen LogP contribution in [0.15, 0.2) is 29.2 Å². The van der Waals surface area contributed by atoms with Crippen molar-refractivity contribution in [2.24, 2.45) is 0 Å². The first kappa shape index (κ1) is 21.1. The average molecular weight is 411 g/mol. The van der Waals surface area contributed by atoms with Gasteiger partial charge in [0.05, 0.1) is 17.6 Å². The lowest BCUT2D eigenvalue weighted by Gasteiger charge is -2.10. The number of amides is 1. The predicted octanol–water partition coefficient (Wildman–Crippen LogP) is 3.09. The fourth-order valence-electron chi connectivity index (χ4n) is 2.40. The standard InChI is InChI=1S/C18H22N2O5S2/c1-10(2)20-27(23,24)14-8-6-13(7-9-14)16(21)19-17-15(18(22)25-5)11(3)12(4)26-17/h6-10,20H,1-5H3,(H,19,21). The SMILES string of the molecule is COC(=O)c1c(NC(=O)c2ccc(S(=O)(=O)NC(C)C)cc2)sc(C)c1C. The van der Waals surface area contributed by atoms with E-state index >= 15 is 0 Å². The zero-order chi connectivity index (χ0) is 20.4. The van der Waals surface area contributed by atoms with Crippen LogP contribution < -0.4 is 10.0 Å². The number of hydrogen-bond acceptors (Lipinski definition) is 6. The molecule has 146 valence electrons. The van der Waals surface area contributed by atoms with Crippen molar-refractivity contribution in [1.29, 1.82) is 0 Å². The Kier molecular flexibility index (Phi) is 6.40. The molecule has 27 heavy (non-hydrogen) atoms. The fraction of sp³-hybridized carbons (Fsp3) is 0.333. The summed E-state index contributed by atoms with van der Waals surface area (Å²) in [5.41, 5.74) is 1.36. The third-order valence-corrected chi connectivity index (χ3v) is 6.62. The average Bonchev–Trinajstić information content (AvgIpc) is 2.87. The highest BCUT2D eigenvalue weighted by atomic mass is 32.2. The van der Waals surface area contributed by atoms with E-state index in [2.05, 4.69) is 10.0 Å². The van der Waals surface area contributed by atoms with Crippen LogP contribution in [-0.2, 0) is 14.8 Å². The Bertz CT molecular complexity index is 960. The lowest BCUT2D eigenvalue weighted by molar-refractivity contribution is 0.0601. The molecule has 2 aromatic rings. The first-order chi connectivity index (χ1) is 12.6. The minimum Gasteiger partial charge on any atom is -0.465 e. The summed E-state index contributed by atoms with van der Waals surface area (Å²) in [5, 5.41) is 3.11.